The van der Waals surface area contributed by atoms with Gasteiger partial charge in [0.2, 0.25) is 0 Å². The number of nitrogens with two attached hydrogens (primary N) is 1. The smallest absolute Gasteiger partial charge is 0.405 e. The molecule has 0 spiro atoms. The highest BCUT2D eigenvalue weighted by Crippen LogP contribution is 2.32. The molecular weight excluding hydrogens is 352 g/mol. The van der Waals surface area contributed by atoms with Crippen molar-refractivity contribution >= 4 is 23.5 Å². The normalized spacial score (nSPS) is 12.9. The van der Waals surface area contributed by atoms with E-state index in [9.17, 15) is 4.79 Å². The summed E-state index contributed by atoms with van der Waals surface area (Å²) in [4.78, 5) is 28.9. The lowest BCUT2D eigenvalue weighted by Crippen LogP contribution is -2.36. The van der Waals surface area contributed by atoms with Crippen molar-refractivity contribution in [1.82, 2.24) is 24.3 Å². The Morgan fingerprint density at radius 1 is 1.31 bits per heavy atom. The Bertz CT molecular complexity index is 955. The Morgan fingerprint density at radius 2 is 2.08 bits per heavy atom. The Labute approximate surface area is 155 Å². The van der Waals surface area contributed by atoms with Gasteiger partial charge in [-0.1, -0.05) is 18.7 Å². The maximum absolute atomic E-state index is 11.2. The first-order valence-corrected chi connectivity index (χ1v) is 9.23. The van der Waals surface area contributed by atoms with Crippen LogP contribution in [-0.4, -0.2) is 42.3 Å². The van der Waals surface area contributed by atoms with Crippen molar-refractivity contribution in [2.24, 2.45) is 5.73 Å². The van der Waals surface area contributed by atoms with Gasteiger partial charge in [-0.3, -0.25) is 9.38 Å². The lowest BCUT2D eigenvalue weighted by Gasteiger charge is -2.30. The highest BCUT2D eigenvalue weighted by molar-refractivity contribution is 7.98. The molecule has 0 saturated heterocycles. The fourth-order valence-electron chi connectivity index (χ4n) is 2.69. The van der Waals surface area contributed by atoms with Crippen LogP contribution in [0.25, 0.3) is 17.0 Å². The highest BCUT2D eigenvalue weighted by atomic mass is 32.2. The molecule has 0 radical (unpaired) electrons. The molecule has 8 nitrogen and oxygen atoms in total. The van der Waals surface area contributed by atoms with Crippen LogP contribution in [0.1, 0.15) is 32.4 Å². The zero-order chi connectivity index (χ0) is 18.9. The number of hydrogen-bond acceptors (Lipinski definition) is 7. The molecule has 1 unspecified atom stereocenters. The molecule has 3 aromatic heterocycles. The summed E-state index contributed by atoms with van der Waals surface area (Å²) in [5.74, 6) is -0.221. The van der Waals surface area contributed by atoms with Crippen molar-refractivity contribution in [1.29, 1.82) is 0 Å². The average Bonchev–Trinajstić information content (AvgIpc) is 3.04. The molecule has 1 atom stereocenters. The summed E-state index contributed by atoms with van der Waals surface area (Å²) in [6.07, 6.45) is 8.11. The molecule has 1 amide bonds. The van der Waals surface area contributed by atoms with E-state index in [-0.39, 0.29) is 5.92 Å². The van der Waals surface area contributed by atoms with E-state index in [0.29, 0.717) is 16.5 Å². The van der Waals surface area contributed by atoms with Gasteiger partial charge in [0.05, 0.1) is 23.3 Å². The largest absolute Gasteiger partial charge is 0.443 e. The van der Waals surface area contributed by atoms with Crippen LogP contribution >= 0.6 is 11.8 Å². The number of fused-ring (bicyclic) bond motifs is 1. The average molecular weight is 372 g/mol. The first kappa shape index (κ1) is 18.1. The van der Waals surface area contributed by atoms with Crippen molar-refractivity contribution < 1.29 is 9.53 Å². The Kier molecular flexibility index (Phi) is 4.82. The van der Waals surface area contributed by atoms with Crippen molar-refractivity contribution in [2.75, 3.05) is 6.26 Å². The van der Waals surface area contributed by atoms with Gasteiger partial charge < -0.3 is 10.5 Å². The van der Waals surface area contributed by atoms with E-state index < -0.39 is 11.7 Å². The SMILES string of the molecule is CSc1nccc(-c2cnc3c(C(C)C(C)(C)OC(N)=O)nccn23)n1. The maximum atomic E-state index is 11.2. The lowest BCUT2D eigenvalue weighted by atomic mass is 9.89. The molecule has 0 aromatic carbocycles. The van der Waals surface area contributed by atoms with E-state index in [1.807, 2.05) is 29.8 Å². The summed E-state index contributed by atoms with van der Waals surface area (Å²) < 4.78 is 7.19. The van der Waals surface area contributed by atoms with Gasteiger partial charge in [0.1, 0.15) is 5.60 Å². The van der Waals surface area contributed by atoms with Gasteiger partial charge >= 0.3 is 6.09 Å². The van der Waals surface area contributed by atoms with Crippen molar-refractivity contribution in [3.63, 3.8) is 0 Å². The third kappa shape index (κ3) is 3.34. The zero-order valence-corrected chi connectivity index (χ0v) is 15.8. The predicted molar refractivity (Wildman–Crippen MR) is 99.0 cm³/mol. The molecule has 136 valence electrons. The van der Waals surface area contributed by atoms with Crippen LogP contribution in [0, 0.1) is 0 Å². The minimum Gasteiger partial charge on any atom is -0.443 e. The van der Waals surface area contributed by atoms with Crippen LogP contribution in [-0.2, 0) is 4.74 Å². The van der Waals surface area contributed by atoms with E-state index in [0.717, 1.165) is 11.4 Å². The Hall–Kier alpha value is -2.68. The van der Waals surface area contributed by atoms with Crippen LogP contribution < -0.4 is 5.73 Å². The van der Waals surface area contributed by atoms with Crippen molar-refractivity contribution in [2.45, 2.75) is 37.4 Å². The molecule has 9 heteroatoms. The van der Waals surface area contributed by atoms with E-state index in [1.165, 1.54) is 11.8 Å². The molecule has 0 saturated carbocycles. The van der Waals surface area contributed by atoms with E-state index in [4.69, 9.17) is 10.5 Å². The van der Waals surface area contributed by atoms with Crippen molar-refractivity contribution in [3.8, 4) is 11.4 Å². The predicted octanol–water partition coefficient (Wildman–Crippen LogP) is 2.89. The number of thioether (sulfide) groups is 1. The molecule has 3 aromatic rings. The molecule has 3 rings (SSSR count). The minimum absolute atomic E-state index is 0.221. The van der Waals surface area contributed by atoms with Crippen LogP contribution in [0.2, 0.25) is 0 Å². The van der Waals surface area contributed by atoms with Gasteiger partial charge in [0, 0.05) is 24.5 Å². The molecule has 0 bridgehead atoms. The number of imidazole rings is 1. The number of nitrogens with zero attached hydrogens (tertiary/aromatic N) is 5. The van der Waals surface area contributed by atoms with Gasteiger partial charge in [-0.05, 0) is 26.2 Å². The van der Waals surface area contributed by atoms with Gasteiger partial charge in [0.15, 0.2) is 10.8 Å². The minimum atomic E-state index is -0.826. The van der Waals surface area contributed by atoms with Crippen LogP contribution in [0.3, 0.4) is 0 Å². The lowest BCUT2D eigenvalue weighted by molar-refractivity contribution is 0.0274. The molecular formula is C17H20N6O2S. The first-order valence-electron chi connectivity index (χ1n) is 8.01. The quantitative estimate of drug-likeness (QED) is 0.542. The fraction of sp³-hybridized carbons (Fsp3) is 0.353. The van der Waals surface area contributed by atoms with Crippen LogP contribution in [0.5, 0.6) is 0 Å². The number of carbonyl (C=O) groups excluding carboxylic acids is 1. The standard InChI is InChI=1S/C17H20N6O2S/c1-10(17(2,3)25-15(18)24)13-14-21-9-12(23(14)8-7-19-13)11-5-6-20-16(22-11)26-4/h5-10H,1-4H3,(H2,18,24). The van der Waals surface area contributed by atoms with E-state index in [2.05, 4.69) is 19.9 Å². The molecule has 0 fully saturated rings. The Morgan fingerprint density at radius 3 is 2.77 bits per heavy atom. The third-order valence-electron chi connectivity index (χ3n) is 4.35. The summed E-state index contributed by atoms with van der Waals surface area (Å²) in [5.41, 5.74) is 7.37. The first-order chi connectivity index (χ1) is 12.3. The third-order valence-corrected chi connectivity index (χ3v) is 4.91. The molecule has 3 heterocycles. The van der Waals surface area contributed by atoms with E-state index >= 15 is 0 Å². The summed E-state index contributed by atoms with van der Waals surface area (Å²) >= 11 is 1.48. The topological polar surface area (TPSA) is 108 Å². The zero-order valence-electron chi connectivity index (χ0n) is 15.0. The summed E-state index contributed by atoms with van der Waals surface area (Å²) in [7, 11) is 0. The molecule has 0 aliphatic heterocycles. The summed E-state index contributed by atoms with van der Waals surface area (Å²) in [6.45, 7) is 5.52. The van der Waals surface area contributed by atoms with Crippen LogP contribution in [0.15, 0.2) is 36.0 Å². The van der Waals surface area contributed by atoms with Crippen LogP contribution in [0.4, 0.5) is 4.79 Å². The monoisotopic (exact) mass is 372 g/mol. The molecule has 0 aliphatic rings. The Balaban J connectivity index is 2.08. The van der Waals surface area contributed by atoms with Gasteiger partial charge in [0.25, 0.3) is 0 Å². The molecule has 0 aliphatic carbocycles. The number of ether oxygens (including phenoxy) is 1. The number of hydrogen-bond donors (Lipinski definition) is 1. The highest BCUT2D eigenvalue weighted by Gasteiger charge is 2.33. The number of primary amides is 1. The van der Waals surface area contributed by atoms with E-state index in [1.54, 1.807) is 32.4 Å². The second kappa shape index (κ2) is 6.91. The van der Waals surface area contributed by atoms with Gasteiger partial charge in [-0.15, -0.1) is 0 Å². The summed E-state index contributed by atoms with van der Waals surface area (Å²) in [5, 5.41) is 0.691. The van der Waals surface area contributed by atoms with Crippen molar-refractivity contribution in [3.05, 3.63) is 36.5 Å². The number of aromatic nitrogens is 5. The number of amides is 1. The summed E-state index contributed by atoms with van der Waals surface area (Å²) in [6, 6.07) is 1.84. The molecule has 26 heavy (non-hydrogen) atoms. The molecule has 2 N–H and O–H groups in total. The maximum Gasteiger partial charge on any atom is 0.405 e. The number of carbonyl (C=O) groups is 1. The fourth-order valence-corrected chi connectivity index (χ4v) is 3.05. The second-order valence-corrected chi connectivity index (χ2v) is 7.10. The van der Waals surface area contributed by atoms with Gasteiger partial charge in [-0.2, -0.15) is 0 Å². The van der Waals surface area contributed by atoms with Gasteiger partial charge in [-0.25, -0.2) is 19.7 Å². The number of rotatable bonds is 5. The second-order valence-electron chi connectivity index (χ2n) is 6.32.